The predicted molar refractivity (Wildman–Crippen MR) is 80.6 cm³/mol. The van der Waals surface area contributed by atoms with E-state index in [1.54, 1.807) is 7.05 Å². The summed E-state index contributed by atoms with van der Waals surface area (Å²) in [5, 5.41) is 8.83. The van der Waals surface area contributed by atoms with Crippen LogP contribution in [-0.2, 0) is 21.8 Å². The first-order valence-electron chi connectivity index (χ1n) is 5.52. The van der Waals surface area contributed by atoms with Crippen LogP contribution in [0.1, 0.15) is 0 Å². The number of aromatic nitrogens is 2. The molecule has 8 nitrogen and oxygen atoms in total. The maximum Gasteiger partial charge on any atom is 0.267 e. The van der Waals surface area contributed by atoms with Crippen molar-refractivity contribution < 1.29 is 13.2 Å². The Morgan fingerprint density at radius 2 is 2.20 bits per heavy atom. The third-order valence-corrected chi connectivity index (χ3v) is 5.79. The first-order chi connectivity index (χ1) is 9.36. The van der Waals surface area contributed by atoms with Crippen molar-refractivity contribution in [3.8, 4) is 0 Å². The van der Waals surface area contributed by atoms with Crippen molar-refractivity contribution in [1.29, 1.82) is 0 Å². The van der Waals surface area contributed by atoms with Gasteiger partial charge in [0.1, 0.15) is 0 Å². The van der Waals surface area contributed by atoms with E-state index >= 15 is 0 Å². The highest BCUT2D eigenvalue weighted by Gasteiger charge is 2.16. The standard InChI is InChI=1S/C8H13N5O3S4/c1-12-6(18-8(11-12)20(9,14)15)10-7(17)19-13-2-4-16-5-3-13/h2-5H2,1H3,(H2,9,14,15)/b10-6-. The average Bonchev–Trinajstić information content (AvgIpc) is 2.72. The van der Waals surface area contributed by atoms with Crippen molar-refractivity contribution >= 4 is 49.8 Å². The Morgan fingerprint density at radius 3 is 2.75 bits per heavy atom. The van der Waals surface area contributed by atoms with Crippen LogP contribution in [-0.4, -0.2) is 53.1 Å². The van der Waals surface area contributed by atoms with Gasteiger partial charge in [-0.25, -0.2) is 22.5 Å². The van der Waals surface area contributed by atoms with Gasteiger partial charge in [-0.05, 0) is 24.2 Å². The number of sulfonamides is 1. The molecule has 112 valence electrons. The second kappa shape index (κ2) is 6.60. The van der Waals surface area contributed by atoms with Gasteiger partial charge in [-0.2, -0.15) is 4.99 Å². The van der Waals surface area contributed by atoms with E-state index in [9.17, 15) is 8.42 Å². The lowest BCUT2D eigenvalue weighted by molar-refractivity contribution is 0.0777. The zero-order valence-corrected chi connectivity index (χ0v) is 13.8. The van der Waals surface area contributed by atoms with E-state index in [1.807, 2.05) is 0 Å². The van der Waals surface area contributed by atoms with Gasteiger partial charge in [-0.3, -0.25) is 0 Å². The number of rotatable bonds is 2. The molecule has 0 radical (unpaired) electrons. The summed E-state index contributed by atoms with van der Waals surface area (Å²) >= 11 is 7.41. The van der Waals surface area contributed by atoms with E-state index < -0.39 is 10.0 Å². The lowest BCUT2D eigenvalue weighted by Gasteiger charge is -2.24. The molecule has 0 saturated carbocycles. The van der Waals surface area contributed by atoms with Gasteiger partial charge in [-0.15, -0.1) is 5.10 Å². The Balaban J connectivity index is 2.14. The average molecular weight is 355 g/mol. The number of nitrogens with zero attached hydrogens (tertiary/aromatic N) is 4. The topological polar surface area (TPSA) is 103 Å². The number of primary sulfonamides is 1. The zero-order valence-electron chi connectivity index (χ0n) is 10.6. The van der Waals surface area contributed by atoms with Gasteiger partial charge >= 0.3 is 0 Å². The molecule has 0 aromatic carbocycles. The van der Waals surface area contributed by atoms with Crippen LogP contribution in [0.5, 0.6) is 0 Å². The monoisotopic (exact) mass is 355 g/mol. The minimum Gasteiger partial charge on any atom is -0.379 e. The molecule has 12 heteroatoms. The van der Waals surface area contributed by atoms with Crippen LogP contribution in [0.2, 0.25) is 0 Å². The summed E-state index contributed by atoms with van der Waals surface area (Å²) in [5.41, 5.74) is 0. The molecule has 2 heterocycles. The molecule has 0 atom stereocenters. The number of hydrogen-bond acceptors (Lipinski definition) is 8. The molecule has 0 amide bonds. The Kier molecular flexibility index (Phi) is 5.28. The number of aryl methyl sites for hydroxylation is 1. The van der Waals surface area contributed by atoms with Gasteiger partial charge in [-0.1, -0.05) is 11.3 Å². The Labute approximate surface area is 129 Å². The second-order valence-corrected chi connectivity index (χ2v) is 8.25. The van der Waals surface area contributed by atoms with Gasteiger partial charge in [0.25, 0.3) is 10.0 Å². The van der Waals surface area contributed by atoms with E-state index in [-0.39, 0.29) is 4.34 Å². The Morgan fingerprint density at radius 1 is 1.55 bits per heavy atom. The second-order valence-electron chi connectivity index (χ2n) is 3.83. The summed E-state index contributed by atoms with van der Waals surface area (Å²) in [5.74, 6) is 0. The molecule has 1 aliphatic heterocycles. The van der Waals surface area contributed by atoms with Crippen LogP contribution in [0.3, 0.4) is 0 Å². The van der Waals surface area contributed by atoms with Crippen molar-refractivity contribution in [3.63, 3.8) is 0 Å². The lowest BCUT2D eigenvalue weighted by Crippen LogP contribution is -2.32. The van der Waals surface area contributed by atoms with E-state index in [0.717, 1.165) is 24.4 Å². The third kappa shape index (κ3) is 4.31. The minimum absolute atomic E-state index is 0.182. The summed E-state index contributed by atoms with van der Waals surface area (Å²) in [4.78, 5) is 4.59. The molecule has 2 N–H and O–H groups in total. The van der Waals surface area contributed by atoms with Crippen molar-refractivity contribution in [3.05, 3.63) is 4.80 Å². The van der Waals surface area contributed by atoms with Crippen LogP contribution < -0.4 is 9.94 Å². The predicted octanol–water partition coefficient (Wildman–Crippen LogP) is -0.705. The van der Waals surface area contributed by atoms with E-state index in [2.05, 4.69) is 14.4 Å². The largest absolute Gasteiger partial charge is 0.379 e. The maximum absolute atomic E-state index is 11.2. The molecule has 1 aromatic heterocycles. The van der Waals surface area contributed by atoms with Crippen molar-refractivity contribution in [2.24, 2.45) is 17.2 Å². The van der Waals surface area contributed by atoms with Gasteiger partial charge in [0, 0.05) is 20.1 Å². The molecule has 0 unspecified atom stereocenters. The summed E-state index contributed by atoms with van der Waals surface area (Å²) in [7, 11) is -2.23. The minimum atomic E-state index is -3.82. The van der Waals surface area contributed by atoms with Gasteiger partial charge in [0.2, 0.25) is 9.14 Å². The fourth-order valence-corrected chi connectivity index (χ4v) is 4.14. The summed E-state index contributed by atoms with van der Waals surface area (Å²) < 4.78 is 31.3. The van der Waals surface area contributed by atoms with Gasteiger partial charge in [0.05, 0.1) is 13.2 Å². The smallest absolute Gasteiger partial charge is 0.267 e. The highest BCUT2D eigenvalue weighted by atomic mass is 32.2. The van der Waals surface area contributed by atoms with Crippen LogP contribution in [0.15, 0.2) is 9.33 Å². The lowest BCUT2D eigenvalue weighted by atomic mass is 10.5. The van der Waals surface area contributed by atoms with E-state index in [1.165, 1.54) is 16.6 Å². The molecular weight excluding hydrogens is 342 g/mol. The zero-order chi connectivity index (χ0) is 14.8. The van der Waals surface area contributed by atoms with Crippen molar-refractivity contribution in [2.45, 2.75) is 4.34 Å². The Bertz CT molecular complexity index is 658. The molecule has 20 heavy (non-hydrogen) atoms. The number of nitrogens with two attached hydrogens (primary N) is 1. The van der Waals surface area contributed by atoms with Crippen LogP contribution >= 0.6 is 35.5 Å². The van der Waals surface area contributed by atoms with Crippen LogP contribution in [0, 0.1) is 0 Å². The van der Waals surface area contributed by atoms with Crippen LogP contribution in [0.25, 0.3) is 0 Å². The molecule has 1 fully saturated rings. The first-order valence-corrected chi connectivity index (χ1v) is 9.07. The molecular formula is C8H13N5O3S4. The highest BCUT2D eigenvalue weighted by Crippen LogP contribution is 2.15. The first kappa shape index (κ1) is 16.0. The number of thiocarbonyl (C=S) groups is 1. The molecule has 1 aromatic rings. The van der Waals surface area contributed by atoms with E-state index in [0.29, 0.717) is 22.3 Å². The van der Waals surface area contributed by atoms with Crippen molar-refractivity contribution in [1.82, 2.24) is 14.1 Å². The van der Waals surface area contributed by atoms with Gasteiger partial charge in [0.15, 0.2) is 4.32 Å². The highest BCUT2D eigenvalue weighted by molar-refractivity contribution is 8.21. The molecule has 0 aliphatic carbocycles. The fraction of sp³-hybridized carbons (Fsp3) is 0.625. The number of ether oxygens (including phenoxy) is 1. The van der Waals surface area contributed by atoms with Crippen molar-refractivity contribution in [2.75, 3.05) is 26.3 Å². The molecule has 0 bridgehead atoms. The molecule has 0 spiro atoms. The fourth-order valence-electron chi connectivity index (χ4n) is 1.39. The number of morpholine rings is 1. The summed E-state index contributed by atoms with van der Waals surface area (Å²) in [6.45, 7) is 2.88. The van der Waals surface area contributed by atoms with Crippen LogP contribution in [0.4, 0.5) is 0 Å². The maximum atomic E-state index is 11.2. The molecule has 1 aliphatic rings. The Hall–Kier alpha value is -0.370. The third-order valence-electron chi connectivity index (χ3n) is 2.29. The normalized spacial score (nSPS) is 18.4. The molecule has 1 saturated heterocycles. The van der Waals surface area contributed by atoms with E-state index in [4.69, 9.17) is 22.1 Å². The summed E-state index contributed by atoms with van der Waals surface area (Å²) in [6, 6.07) is 0. The quantitative estimate of drug-likeness (QED) is 0.552. The SMILES string of the molecule is Cn1nc(S(N)(=O)=O)s/c1=N\C(=S)SN1CCOCC1. The number of hydrogen-bond donors (Lipinski definition) is 1. The molecule has 2 rings (SSSR count). The summed E-state index contributed by atoms with van der Waals surface area (Å²) in [6.07, 6.45) is 0. The van der Waals surface area contributed by atoms with Gasteiger partial charge < -0.3 is 4.74 Å².